The van der Waals surface area contributed by atoms with Crippen LogP contribution in [0.4, 0.5) is 0 Å². The number of thiophene rings is 1. The number of hydrogen-bond acceptors (Lipinski definition) is 5. The summed E-state index contributed by atoms with van der Waals surface area (Å²) < 4.78 is 5.54. The molecular formula is C19H19N3O4S. The number of furan rings is 1. The van der Waals surface area contributed by atoms with E-state index < -0.39 is 5.91 Å². The minimum atomic E-state index is -0.511. The second-order valence-corrected chi connectivity index (χ2v) is 6.71. The quantitative estimate of drug-likeness (QED) is 0.449. The number of carbonyl (C=O) groups excluding carboxylic acids is 3. The highest BCUT2D eigenvalue weighted by Crippen LogP contribution is 2.24. The first-order valence-corrected chi connectivity index (χ1v) is 9.38. The summed E-state index contributed by atoms with van der Waals surface area (Å²) in [5.74, 6) is -0.852. The van der Waals surface area contributed by atoms with Crippen molar-refractivity contribution in [2.75, 3.05) is 6.54 Å². The average Bonchev–Trinajstić information content (AvgIpc) is 3.32. The number of hydrogen-bond donors (Lipinski definition) is 3. The first kappa shape index (κ1) is 18.7. The van der Waals surface area contributed by atoms with Crippen LogP contribution in [0.5, 0.6) is 0 Å². The maximum Gasteiger partial charge on any atom is 0.305 e. The smallest absolute Gasteiger partial charge is 0.305 e. The molecule has 3 rings (SSSR count). The van der Waals surface area contributed by atoms with Gasteiger partial charge >= 0.3 is 5.91 Å². The molecule has 8 heteroatoms. The minimum absolute atomic E-state index is 0.162. The molecule has 0 unspecified atom stereocenters. The van der Waals surface area contributed by atoms with Gasteiger partial charge in [0.2, 0.25) is 5.91 Å². The van der Waals surface area contributed by atoms with E-state index in [1.165, 1.54) is 11.3 Å². The molecule has 2 aromatic heterocycles. The maximum atomic E-state index is 12.2. The molecule has 140 valence electrons. The van der Waals surface area contributed by atoms with Gasteiger partial charge in [-0.3, -0.25) is 25.2 Å². The van der Waals surface area contributed by atoms with E-state index >= 15 is 0 Å². The number of aryl methyl sites for hydroxylation is 1. The summed E-state index contributed by atoms with van der Waals surface area (Å²) in [7, 11) is 0. The van der Waals surface area contributed by atoms with Crippen LogP contribution in [0.2, 0.25) is 0 Å². The predicted molar refractivity (Wildman–Crippen MR) is 102 cm³/mol. The molecule has 0 atom stereocenters. The highest BCUT2D eigenvalue weighted by atomic mass is 32.1. The number of amides is 3. The number of rotatable bonds is 6. The van der Waals surface area contributed by atoms with Crippen LogP contribution in [0.3, 0.4) is 0 Å². The molecule has 0 radical (unpaired) electrons. The van der Waals surface area contributed by atoms with Gasteiger partial charge in [0.05, 0.1) is 0 Å². The molecule has 3 N–H and O–H groups in total. The lowest BCUT2D eigenvalue weighted by Gasteiger charge is -2.07. The largest absolute Gasteiger partial charge is 0.451 e. The Hall–Kier alpha value is -3.13. The van der Waals surface area contributed by atoms with Crippen molar-refractivity contribution in [3.8, 4) is 0 Å². The van der Waals surface area contributed by atoms with Crippen molar-refractivity contribution in [2.24, 2.45) is 0 Å². The van der Waals surface area contributed by atoms with Crippen LogP contribution in [0.1, 0.15) is 39.3 Å². The number of benzene rings is 1. The Kier molecular flexibility index (Phi) is 5.87. The van der Waals surface area contributed by atoms with Crippen LogP contribution in [0, 0.1) is 6.92 Å². The normalized spacial score (nSPS) is 10.6. The third-order valence-corrected chi connectivity index (χ3v) is 4.70. The molecule has 0 fully saturated rings. The standard InChI is InChI=1S/C19H19N3O4S/c1-12-14-5-2-3-6-15(14)26-17(12)19(25)22-21-16(23)7-4-9-20-18(24)13-8-10-27-11-13/h2-3,5-6,8,10-11H,4,7,9H2,1H3,(H,20,24)(H,21,23)(H,22,25). The van der Waals surface area contributed by atoms with E-state index in [4.69, 9.17) is 4.42 Å². The lowest BCUT2D eigenvalue weighted by atomic mass is 10.1. The Balaban J connectivity index is 1.41. The zero-order valence-corrected chi connectivity index (χ0v) is 15.5. The molecule has 0 aliphatic heterocycles. The summed E-state index contributed by atoms with van der Waals surface area (Å²) in [5, 5.41) is 7.19. The van der Waals surface area contributed by atoms with Crippen molar-refractivity contribution >= 4 is 40.0 Å². The molecular weight excluding hydrogens is 366 g/mol. The summed E-state index contributed by atoms with van der Waals surface area (Å²) in [5.41, 5.74) is 6.66. The van der Waals surface area contributed by atoms with E-state index in [1.807, 2.05) is 23.6 Å². The molecule has 0 aliphatic carbocycles. The molecule has 0 saturated heterocycles. The highest BCUT2D eigenvalue weighted by Gasteiger charge is 2.17. The van der Waals surface area contributed by atoms with Crippen LogP contribution in [-0.2, 0) is 4.79 Å². The van der Waals surface area contributed by atoms with Gasteiger partial charge in [0.15, 0.2) is 5.76 Å². The van der Waals surface area contributed by atoms with Crippen LogP contribution in [0.15, 0.2) is 45.5 Å². The van der Waals surface area contributed by atoms with Crippen molar-refractivity contribution in [2.45, 2.75) is 19.8 Å². The summed E-state index contributed by atoms with van der Waals surface area (Å²) in [6.07, 6.45) is 0.630. The van der Waals surface area contributed by atoms with E-state index in [1.54, 1.807) is 24.4 Å². The second-order valence-electron chi connectivity index (χ2n) is 5.93. The molecule has 1 aromatic carbocycles. The average molecular weight is 385 g/mol. The lowest BCUT2D eigenvalue weighted by Crippen LogP contribution is -2.41. The first-order chi connectivity index (χ1) is 13.1. The fourth-order valence-corrected chi connectivity index (χ4v) is 3.22. The fourth-order valence-electron chi connectivity index (χ4n) is 2.58. The van der Waals surface area contributed by atoms with Gasteiger partial charge in [-0.15, -0.1) is 0 Å². The molecule has 0 aliphatic rings. The monoisotopic (exact) mass is 385 g/mol. The zero-order valence-electron chi connectivity index (χ0n) is 14.7. The van der Waals surface area contributed by atoms with E-state index in [0.29, 0.717) is 29.7 Å². The van der Waals surface area contributed by atoms with Crippen LogP contribution in [-0.4, -0.2) is 24.3 Å². The predicted octanol–water partition coefficient (Wildman–Crippen LogP) is 2.77. The SMILES string of the molecule is Cc1c(C(=O)NNC(=O)CCCNC(=O)c2ccsc2)oc2ccccc12. The minimum Gasteiger partial charge on any atom is -0.451 e. The molecule has 7 nitrogen and oxygen atoms in total. The third-order valence-electron chi connectivity index (χ3n) is 4.01. The molecule has 3 amide bonds. The summed E-state index contributed by atoms with van der Waals surface area (Å²) in [6.45, 7) is 2.16. The van der Waals surface area contributed by atoms with Crippen LogP contribution >= 0.6 is 11.3 Å². The summed E-state index contributed by atoms with van der Waals surface area (Å²) in [4.78, 5) is 35.8. The zero-order chi connectivity index (χ0) is 19.2. The number of para-hydroxylation sites is 1. The van der Waals surface area contributed by atoms with Gasteiger partial charge in [0.25, 0.3) is 5.91 Å². The Morgan fingerprint density at radius 2 is 1.89 bits per heavy atom. The Labute approximate surface area is 159 Å². The molecule has 0 saturated carbocycles. The van der Waals surface area contributed by atoms with Crippen molar-refractivity contribution in [1.29, 1.82) is 0 Å². The molecule has 27 heavy (non-hydrogen) atoms. The number of hydrazine groups is 1. The third kappa shape index (κ3) is 4.53. The van der Waals surface area contributed by atoms with E-state index in [2.05, 4.69) is 16.2 Å². The van der Waals surface area contributed by atoms with Crippen molar-refractivity contribution in [3.05, 3.63) is 58.0 Å². The second kappa shape index (κ2) is 8.50. The molecule has 3 aromatic rings. The number of carbonyl (C=O) groups is 3. The van der Waals surface area contributed by atoms with Gasteiger partial charge in [-0.25, -0.2) is 0 Å². The van der Waals surface area contributed by atoms with Gasteiger partial charge in [-0.05, 0) is 30.9 Å². The fraction of sp³-hybridized carbons (Fsp3) is 0.211. The van der Waals surface area contributed by atoms with Gasteiger partial charge in [-0.1, -0.05) is 18.2 Å². The lowest BCUT2D eigenvalue weighted by molar-refractivity contribution is -0.121. The van der Waals surface area contributed by atoms with E-state index in [0.717, 1.165) is 5.39 Å². The highest BCUT2D eigenvalue weighted by molar-refractivity contribution is 7.08. The molecule has 2 heterocycles. The summed E-state index contributed by atoms with van der Waals surface area (Å²) >= 11 is 1.45. The summed E-state index contributed by atoms with van der Waals surface area (Å²) in [6, 6.07) is 9.08. The Morgan fingerprint density at radius 1 is 1.07 bits per heavy atom. The maximum absolute atomic E-state index is 12.2. The number of nitrogens with one attached hydrogen (secondary N) is 3. The van der Waals surface area contributed by atoms with E-state index in [-0.39, 0.29) is 24.0 Å². The van der Waals surface area contributed by atoms with Crippen LogP contribution < -0.4 is 16.2 Å². The van der Waals surface area contributed by atoms with Crippen molar-refractivity contribution < 1.29 is 18.8 Å². The topological polar surface area (TPSA) is 100 Å². The van der Waals surface area contributed by atoms with E-state index in [9.17, 15) is 14.4 Å². The first-order valence-electron chi connectivity index (χ1n) is 8.44. The van der Waals surface area contributed by atoms with Gasteiger partial charge in [0, 0.05) is 34.9 Å². The van der Waals surface area contributed by atoms with Gasteiger partial charge in [0.1, 0.15) is 5.58 Å². The Morgan fingerprint density at radius 3 is 2.63 bits per heavy atom. The van der Waals surface area contributed by atoms with Crippen LogP contribution in [0.25, 0.3) is 11.0 Å². The van der Waals surface area contributed by atoms with Crippen molar-refractivity contribution in [1.82, 2.24) is 16.2 Å². The van der Waals surface area contributed by atoms with Gasteiger partial charge in [-0.2, -0.15) is 11.3 Å². The Bertz CT molecular complexity index is 963. The molecule has 0 spiro atoms. The molecule has 0 bridgehead atoms. The van der Waals surface area contributed by atoms with Crippen molar-refractivity contribution in [3.63, 3.8) is 0 Å². The number of fused-ring (bicyclic) bond motifs is 1. The van der Waals surface area contributed by atoms with Gasteiger partial charge < -0.3 is 9.73 Å².